The number of ether oxygens (including phenoxy) is 4. The van der Waals surface area contributed by atoms with Crippen molar-refractivity contribution in [2.24, 2.45) is 0 Å². The van der Waals surface area contributed by atoms with Crippen LogP contribution in [0.5, 0.6) is 0 Å². The third-order valence-electron chi connectivity index (χ3n) is 10.5. The highest BCUT2D eigenvalue weighted by Crippen LogP contribution is 2.24. The lowest BCUT2D eigenvalue weighted by Crippen LogP contribution is -2.60. The van der Waals surface area contributed by atoms with Crippen molar-refractivity contribution in [1.29, 1.82) is 0 Å². The average Bonchev–Trinajstić information content (AvgIpc) is 3.18. The summed E-state index contributed by atoms with van der Waals surface area (Å²) in [5.74, 6) is -2.07. The van der Waals surface area contributed by atoms with Gasteiger partial charge in [-0.2, -0.15) is 8.42 Å². The van der Waals surface area contributed by atoms with Gasteiger partial charge in [-0.05, 0) is 51.4 Å². The molecule has 1 aliphatic heterocycles. The molecule has 0 aliphatic carbocycles. The average molecular weight is 847 g/mol. The number of carbonyl (C=O) groups excluding carboxylic acids is 2. The Balaban J connectivity index is 2.48. The molecule has 13 heteroatoms. The van der Waals surface area contributed by atoms with Crippen LogP contribution in [0.25, 0.3) is 0 Å². The number of allylic oxidation sites excluding steroid dienone is 4. The molecule has 0 bridgehead atoms. The van der Waals surface area contributed by atoms with E-state index in [1.807, 2.05) is 6.08 Å². The first kappa shape index (κ1) is 54.1. The number of carbonyl (C=O) groups is 2. The highest BCUT2D eigenvalue weighted by molar-refractivity contribution is 7.85. The van der Waals surface area contributed by atoms with Gasteiger partial charge in [0.05, 0.1) is 6.61 Å². The van der Waals surface area contributed by atoms with Crippen molar-refractivity contribution in [2.45, 2.75) is 230 Å². The topological polar surface area (TPSA) is 186 Å². The van der Waals surface area contributed by atoms with Gasteiger partial charge in [-0.1, -0.05) is 154 Å². The molecule has 340 valence electrons. The van der Waals surface area contributed by atoms with Gasteiger partial charge in [-0.15, -0.1) is 0 Å². The first-order valence-corrected chi connectivity index (χ1v) is 24.5. The summed E-state index contributed by atoms with van der Waals surface area (Å²) in [4.78, 5) is 25.3. The van der Waals surface area contributed by atoms with E-state index in [1.54, 1.807) is 0 Å². The second-order valence-electron chi connectivity index (χ2n) is 16.1. The second-order valence-corrected chi connectivity index (χ2v) is 17.6. The van der Waals surface area contributed by atoms with Crippen LogP contribution < -0.4 is 0 Å². The summed E-state index contributed by atoms with van der Waals surface area (Å²) in [6.45, 7) is 3.71. The number of unbranched alkanes of at least 4 members (excludes halogenated alkanes) is 22. The molecule has 0 radical (unpaired) electrons. The summed E-state index contributed by atoms with van der Waals surface area (Å²) in [7, 11) is -4.60. The zero-order valence-electron chi connectivity index (χ0n) is 36.2. The van der Waals surface area contributed by atoms with Crippen LogP contribution >= 0.6 is 0 Å². The summed E-state index contributed by atoms with van der Waals surface area (Å²) in [5.41, 5.74) is 0. The number of aliphatic hydroxyl groups is 3. The van der Waals surface area contributed by atoms with Crippen LogP contribution in [-0.4, -0.2) is 96.0 Å². The molecular weight excluding hydrogens is 765 g/mol. The van der Waals surface area contributed by atoms with Gasteiger partial charge in [-0.25, -0.2) is 0 Å². The van der Waals surface area contributed by atoms with Gasteiger partial charge < -0.3 is 34.3 Å². The van der Waals surface area contributed by atoms with Crippen molar-refractivity contribution in [2.75, 3.05) is 19.0 Å². The fraction of sp³-hybridized carbons (Fsp3) is 0.867. The Morgan fingerprint density at radius 3 is 1.50 bits per heavy atom. The lowest BCUT2D eigenvalue weighted by molar-refractivity contribution is -0.297. The van der Waals surface area contributed by atoms with Crippen LogP contribution in [0.3, 0.4) is 0 Å². The molecular formula is C45H82O12S. The standard InChI is InChI=1S/C45H82O12S/c1-3-5-7-9-11-13-15-17-19-21-23-25-27-29-31-33-40(46)54-35-38(36-55-45-44(50)43(49)42(48)39(57-45)37-58(51,52)53)56-41(47)34-32-30-28-26-24-22-20-18-16-14-12-10-8-6-4-2/h24,26-27,29,38-39,42-45,48-50H,3-23,25,28,30-37H2,1-2H3,(H,51,52,53)/b26-24+,29-27+/t38-,39-,42-,43?,44?,45+/m1/s1. The van der Waals surface area contributed by atoms with Crippen molar-refractivity contribution < 1.29 is 56.8 Å². The summed E-state index contributed by atoms with van der Waals surface area (Å²) < 4.78 is 54.0. The molecule has 1 aliphatic rings. The predicted molar refractivity (Wildman–Crippen MR) is 229 cm³/mol. The summed E-state index contributed by atoms with van der Waals surface area (Å²) in [5, 5.41) is 30.9. The van der Waals surface area contributed by atoms with E-state index in [-0.39, 0.29) is 19.4 Å². The van der Waals surface area contributed by atoms with E-state index in [0.717, 1.165) is 32.1 Å². The van der Waals surface area contributed by atoms with Crippen LogP contribution in [0.15, 0.2) is 24.3 Å². The Morgan fingerprint density at radius 1 is 0.569 bits per heavy atom. The monoisotopic (exact) mass is 847 g/mol. The summed E-state index contributed by atoms with van der Waals surface area (Å²) in [6.07, 6.45) is 29.5. The summed E-state index contributed by atoms with van der Waals surface area (Å²) in [6, 6.07) is 0. The zero-order chi connectivity index (χ0) is 42.7. The highest BCUT2D eigenvalue weighted by atomic mass is 32.2. The van der Waals surface area contributed by atoms with Gasteiger partial charge in [-0.3, -0.25) is 14.1 Å². The predicted octanol–water partition coefficient (Wildman–Crippen LogP) is 9.23. The van der Waals surface area contributed by atoms with Gasteiger partial charge in [0.15, 0.2) is 12.4 Å². The van der Waals surface area contributed by atoms with E-state index in [4.69, 9.17) is 18.9 Å². The molecule has 0 spiro atoms. The Morgan fingerprint density at radius 2 is 1.02 bits per heavy atom. The number of hydrogen-bond acceptors (Lipinski definition) is 11. The van der Waals surface area contributed by atoms with Crippen LogP contribution in [0.2, 0.25) is 0 Å². The van der Waals surface area contributed by atoms with E-state index in [9.17, 15) is 37.9 Å². The molecule has 0 aromatic heterocycles. The highest BCUT2D eigenvalue weighted by Gasteiger charge is 2.46. The van der Waals surface area contributed by atoms with Crippen molar-refractivity contribution >= 4 is 22.1 Å². The minimum atomic E-state index is -4.60. The third kappa shape index (κ3) is 30.2. The minimum absolute atomic E-state index is 0.129. The molecule has 12 nitrogen and oxygen atoms in total. The summed E-state index contributed by atoms with van der Waals surface area (Å²) >= 11 is 0. The molecule has 58 heavy (non-hydrogen) atoms. The molecule has 1 heterocycles. The minimum Gasteiger partial charge on any atom is -0.462 e. The second kappa shape index (κ2) is 35.8. The Bertz CT molecular complexity index is 1180. The van der Waals surface area contributed by atoms with Gasteiger partial charge in [0, 0.05) is 12.8 Å². The molecule has 2 unspecified atom stereocenters. The SMILES string of the molecule is CCCCCCCCCCC/C=C/CCCCC(=O)O[C@H](COC(=O)CC/C=C/CCCCCCCCCCCCC)CO[C@H]1O[C@H](CS(=O)(=O)O)[C@@H](O)C(O)C1O. The van der Waals surface area contributed by atoms with Crippen LogP contribution in [-0.2, 0) is 38.7 Å². The largest absolute Gasteiger partial charge is 0.462 e. The fourth-order valence-corrected chi connectivity index (χ4v) is 7.62. The fourth-order valence-electron chi connectivity index (χ4n) is 6.92. The number of aliphatic hydroxyl groups excluding tert-OH is 3. The maximum absolute atomic E-state index is 12.8. The smallest absolute Gasteiger partial charge is 0.306 e. The van der Waals surface area contributed by atoms with Gasteiger partial charge in [0.1, 0.15) is 36.8 Å². The lowest BCUT2D eigenvalue weighted by Gasteiger charge is -2.40. The Labute approximate surface area is 351 Å². The molecule has 0 amide bonds. The van der Waals surface area contributed by atoms with Crippen molar-refractivity contribution in [3.63, 3.8) is 0 Å². The molecule has 4 N–H and O–H groups in total. The maximum atomic E-state index is 12.8. The van der Waals surface area contributed by atoms with Gasteiger partial charge >= 0.3 is 11.9 Å². The van der Waals surface area contributed by atoms with Gasteiger partial charge in [0.25, 0.3) is 10.1 Å². The van der Waals surface area contributed by atoms with E-state index < -0.39 is 71.2 Å². The van der Waals surface area contributed by atoms with E-state index in [2.05, 4.69) is 32.1 Å². The first-order valence-electron chi connectivity index (χ1n) is 22.9. The van der Waals surface area contributed by atoms with E-state index >= 15 is 0 Å². The quantitative estimate of drug-likeness (QED) is 0.0200. The van der Waals surface area contributed by atoms with E-state index in [0.29, 0.717) is 12.8 Å². The Kier molecular flexibility index (Phi) is 33.5. The third-order valence-corrected chi connectivity index (χ3v) is 11.3. The van der Waals surface area contributed by atoms with Crippen molar-refractivity contribution in [3.05, 3.63) is 24.3 Å². The van der Waals surface area contributed by atoms with Gasteiger partial charge in [0.2, 0.25) is 0 Å². The first-order chi connectivity index (χ1) is 28.0. The molecule has 0 saturated carbocycles. The van der Waals surface area contributed by atoms with Crippen molar-refractivity contribution in [1.82, 2.24) is 0 Å². The normalized spacial score (nSPS) is 20.6. The molecule has 1 fully saturated rings. The molecule has 1 rings (SSSR count). The van der Waals surface area contributed by atoms with Crippen LogP contribution in [0.4, 0.5) is 0 Å². The Hall–Kier alpha value is -1.87. The lowest BCUT2D eigenvalue weighted by atomic mass is 10.00. The molecule has 1 saturated heterocycles. The number of hydrogen-bond donors (Lipinski definition) is 4. The number of esters is 2. The van der Waals surface area contributed by atoms with E-state index in [1.165, 1.54) is 122 Å². The van der Waals surface area contributed by atoms with Crippen molar-refractivity contribution in [3.8, 4) is 0 Å². The maximum Gasteiger partial charge on any atom is 0.306 e. The number of rotatable bonds is 38. The zero-order valence-corrected chi connectivity index (χ0v) is 37.0. The molecule has 0 aromatic carbocycles. The molecule has 6 atom stereocenters. The van der Waals surface area contributed by atoms with Crippen LogP contribution in [0, 0.1) is 0 Å². The molecule has 0 aromatic rings. The van der Waals surface area contributed by atoms with Crippen LogP contribution in [0.1, 0.15) is 194 Å².